The van der Waals surface area contributed by atoms with Gasteiger partial charge in [-0.1, -0.05) is 13.3 Å². The van der Waals surface area contributed by atoms with Gasteiger partial charge in [0.25, 0.3) is 11.5 Å². The number of aryl methyl sites for hydroxylation is 3. The number of aromatic amines is 1. The van der Waals surface area contributed by atoms with Crippen molar-refractivity contribution in [1.29, 1.82) is 0 Å². The maximum Gasteiger partial charge on any atom is 0.261 e. The van der Waals surface area contributed by atoms with Gasteiger partial charge in [0.1, 0.15) is 11.6 Å². The molecule has 1 aliphatic heterocycles. The van der Waals surface area contributed by atoms with Gasteiger partial charge in [-0.05, 0) is 37.5 Å². The van der Waals surface area contributed by atoms with Gasteiger partial charge in [-0.25, -0.2) is 9.67 Å². The second kappa shape index (κ2) is 7.08. The number of H-pyrrole nitrogens is 1. The summed E-state index contributed by atoms with van der Waals surface area (Å²) < 4.78 is 3.48. The van der Waals surface area contributed by atoms with Crippen LogP contribution in [0, 0.1) is 0 Å². The summed E-state index contributed by atoms with van der Waals surface area (Å²) in [6, 6.07) is 5.05. The molecule has 0 radical (unpaired) electrons. The molecule has 4 heterocycles. The number of hydrogen-bond acceptors (Lipinski definition) is 5. The van der Waals surface area contributed by atoms with Crippen LogP contribution in [0.15, 0.2) is 23.0 Å². The van der Waals surface area contributed by atoms with Gasteiger partial charge in [0.2, 0.25) is 0 Å². The first-order valence-electron chi connectivity index (χ1n) is 10.3. The average molecular weight is 405 g/mol. The second-order valence-corrected chi connectivity index (χ2v) is 7.70. The Bertz CT molecular complexity index is 1350. The van der Waals surface area contributed by atoms with Crippen molar-refractivity contribution in [2.45, 2.75) is 45.6 Å². The summed E-state index contributed by atoms with van der Waals surface area (Å²) in [5.74, 6) is 1.04. The minimum Gasteiger partial charge on any atom is -0.306 e. The van der Waals surface area contributed by atoms with E-state index in [4.69, 9.17) is 4.98 Å². The maximum absolute atomic E-state index is 12.9. The van der Waals surface area contributed by atoms with Gasteiger partial charge >= 0.3 is 0 Å². The van der Waals surface area contributed by atoms with Crippen LogP contribution in [0.3, 0.4) is 0 Å². The zero-order chi connectivity index (χ0) is 20.8. The van der Waals surface area contributed by atoms with Crippen LogP contribution in [0.25, 0.3) is 21.9 Å². The summed E-state index contributed by atoms with van der Waals surface area (Å²) >= 11 is 0. The molecule has 3 aromatic heterocycles. The molecule has 0 saturated heterocycles. The number of benzene rings is 1. The third-order valence-corrected chi connectivity index (χ3v) is 5.77. The molecule has 0 unspecified atom stereocenters. The highest BCUT2D eigenvalue weighted by molar-refractivity contribution is 6.09. The minimum atomic E-state index is -0.287. The zero-order valence-electron chi connectivity index (χ0n) is 17.0. The quantitative estimate of drug-likeness (QED) is 0.544. The molecule has 0 fully saturated rings. The highest BCUT2D eigenvalue weighted by Gasteiger charge is 2.19. The van der Waals surface area contributed by atoms with Gasteiger partial charge in [0, 0.05) is 25.6 Å². The third kappa shape index (κ3) is 2.89. The number of hydrogen-bond donors (Lipinski definition) is 2. The van der Waals surface area contributed by atoms with E-state index in [0.717, 1.165) is 49.0 Å². The van der Waals surface area contributed by atoms with Crippen LogP contribution < -0.4 is 10.9 Å². The summed E-state index contributed by atoms with van der Waals surface area (Å²) in [4.78, 5) is 30.5. The van der Waals surface area contributed by atoms with Crippen molar-refractivity contribution >= 4 is 33.7 Å². The Morgan fingerprint density at radius 2 is 2.13 bits per heavy atom. The molecule has 1 amide bonds. The van der Waals surface area contributed by atoms with Crippen LogP contribution in [-0.4, -0.2) is 35.4 Å². The highest BCUT2D eigenvalue weighted by atomic mass is 16.1. The van der Waals surface area contributed by atoms with Crippen LogP contribution in [0.2, 0.25) is 0 Å². The van der Waals surface area contributed by atoms with E-state index in [1.165, 1.54) is 0 Å². The molecule has 0 atom stereocenters. The average Bonchev–Trinajstić information content (AvgIpc) is 3.20. The van der Waals surface area contributed by atoms with Crippen LogP contribution in [-0.2, 0) is 26.4 Å². The predicted octanol–water partition coefficient (Wildman–Crippen LogP) is 2.55. The molecular weight excluding hydrogens is 382 g/mol. The third-order valence-electron chi connectivity index (χ3n) is 5.77. The summed E-state index contributed by atoms with van der Waals surface area (Å²) in [6.07, 6.45) is 4.63. The van der Waals surface area contributed by atoms with Gasteiger partial charge in [0.05, 0.1) is 22.0 Å². The van der Waals surface area contributed by atoms with Gasteiger partial charge in [0.15, 0.2) is 5.65 Å². The largest absolute Gasteiger partial charge is 0.306 e. The summed E-state index contributed by atoms with van der Waals surface area (Å²) in [5.41, 5.74) is 2.54. The Hall–Kier alpha value is -3.49. The fourth-order valence-electron chi connectivity index (χ4n) is 4.20. The molecule has 154 valence electrons. The van der Waals surface area contributed by atoms with Crippen molar-refractivity contribution in [3.05, 3.63) is 45.6 Å². The number of carbonyl (C=O) groups excluding carboxylic acids is 1. The fraction of sp³-hybridized carbons (Fsp3) is 0.381. The molecule has 0 spiro atoms. The van der Waals surface area contributed by atoms with Crippen LogP contribution in [0.1, 0.15) is 48.1 Å². The summed E-state index contributed by atoms with van der Waals surface area (Å²) in [7, 11) is 1.82. The van der Waals surface area contributed by atoms with E-state index in [1.54, 1.807) is 27.4 Å². The lowest BCUT2D eigenvalue weighted by Gasteiger charge is -2.11. The number of rotatable bonds is 3. The zero-order valence-corrected chi connectivity index (χ0v) is 17.0. The number of aromatic nitrogens is 6. The van der Waals surface area contributed by atoms with Crippen molar-refractivity contribution in [3.8, 4) is 0 Å². The number of nitrogens with zero attached hydrogens (tertiary/aromatic N) is 5. The number of anilines is 1. The van der Waals surface area contributed by atoms with E-state index in [-0.39, 0.29) is 11.5 Å². The molecule has 1 aliphatic rings. The van der Waals surface area contributed by atoms with E-state index < -0.39 is 0 Å². The Balaban J connectivity index is 1.52. The van der Waals surface area contributed by atoms with Crippen LogP contribution in [0.4, 0.5) is 5.82 Å². The van der Waals surface area contributed by atoms with Crippen LogP contribution in [0.5, 0.6) is 0 Å². The Kier molecular flexibility index (Phi) is 4.38. The monoisotopic (exact) mass is 405 g/mol. The molecule has 0 bridgehead atoms. The molecule has 0 saturated carbocycles. The van der Waals surface area contributed by atoms with Crippen molar-refractivity contribution < 1.29 is 4.79 Å². The van der Waals surface area contributed by atoms with E-state index >= 15 is 0 Å². The first-order valence-corrected chi connectivity index (χ1v) is 10.3. The van der Waals surface area contributed by atoms with Crippen molar-refractivity contribution in [2.24, 2.45) is 7.05 Å². The van der Waals surface area contributed by atoms with Crippen molar-refractivity contribution in [2.75, 3.05) is 5.32 Å². The smallest absolute Gasteiger partial charge is 0.261 e. The Morgan fingerprint density at radius 1 is 1.27 bits per heavy atom. The van der Waals surface area contributed by atoms with E-state index in [0.29, 0.717) is 34.5 Å². The molecule has 30 heavy (non-hydrogen) atoms. The second-order valence-electron chi connectivity index (χ2n) is 7.70. The first-order chi connectivity index (χ1) is 14.6. The van der Waals surface area contributed by atoms with E-state index in [1.807, 2.05) is 14.0 Å². The van der Waals surface area contributed by atoms with Gasteiger partial charge in [-0.2, -0.15) is 10.2 Å². The lowest BCUT2D eigenvalue weighted by atomic mass is 10.1. The normalized spacial score (nSPS) is 14.1. The topological polar surface area (TPSA) is 110 Å². The predicted molar refractivity (Wildman–Crippen MR) is 114 cm³/mol. The van der Waals surface area contributed by atoms with Crippen molar-refractivity contribution in [3.63, 3.8) is 0 Å². The lowest BCUT2D eigenvalue weighted by Crippen LogP contribution is -2.24. The number of carbonyl (C=O) groups is 1. The van der Waals surface area contributed by atoms with Crippen molar-refractivity contribution in [1.82, 2.24) is 29.5 Å². The number of fused-ring (bicyclic) bond motifs is 3. The molecular formula is C21H23N7O2. The molecule has 2 N–H and O–H groups in total. The molecule has 5 rings (SSSR count). The first kappa shape index (κ1) is 18.5. The van der Waals surface area contributed by atoms with Gasteiger partial charge < -0.3 is 5.32 Å². The fourth-order valence-corrected chi connectivity index (χ4v) is 4.20. The minimum absolute atomic E-state index is 0.0258. The Labute approximate surface area is 172 Å². The highest BCUT2D eigenvalue weighted by Crippen LogP contribution is 2.25. The molecule has 0 aliphatic carbocycles. The standard InChI is InChI=1S/C21H23N7O2/c1-3-14-17-18(24-25-19(17)27(2)26-14)23-20(29)12-8-9-13-15(11-12)22-16-7-5-4-6-10-28(16)21(13)30/h8-9,11H,3-7,10H2,1-2H3,(H2,23,24,25,29). The SMILES string of the molecule is CCc1nn(C)c2n[nH]c(NC(=O)c3ccc4c(=O)n5c(nc4c3)CCCCC5)c12. The number of amides is 1. The van der Waals surface area contributed by atoms with Crippen LogP contribution >= 0.6 is 0 Å². The van der Waals surface area contributed by atoms with E-state index in [2.05, 4.69) is 20.6 Å². The van der Waals surface area contributed by atoms with Gasteiger partial charge in [-0.15, -0.1) is 0 Å². The summed E-state index contributed by atoms with van der Waals surface area (Å²) in [6.45, 7) is 2.72. The lowest BCUT2D eigenvalue weighted by molar-refractivity contribution is 0.102. The molecule has 9 heteroatoms. The molecule has 4 aromatic rings. The Morgan fingerprint density at radius 3 is 2.97 bits per heavy atom. The van der Waals surface area contributed by atoms with E-state index in [9.17, 15) is 9.59 Å². The molecule has 1 aromatic carbocycles. The maximum atomic E-state index is 12.9. The molecule has 9 nitrogen and oxygen atoms in total. The van der Waals surface area contributed by atoms with Gasteiger partial charge in [-0.3, -0.25) is 19.3 Å². The summed E-state index contributed by atoms with van der Waals surface area (Å²) in [5, 5.41) is 15.9. The number of nitrogens with one attached hydrogen (secondary N) is 2.